The maximum Gasteiger partial charge on any atom is 0.353 e. The highest BCUT2D eigenvalue weighted by molar-refractivity contribution is 6.46. The second-order valence-electron chi connectivity index (χ2n) is 1.39. The minimum atomic E-state index is -1.36. The van der Waals surface area contributed by atoms with E-state index in [0.717, 1.165) is 12.3 Å². The summed E-state index contributed by atoms with van der Waals surface area (Å²) in [5.74, 6) is -1.36. The van der Waals surface area contributed by atoms with Crippen LogP contribution in [0.2, 0.25) is 0 Å². The molecule has 10 heavy (non-hydrogen) atoms. The number of hydrogen-bond acceptors (Lipinski definition) is 3. The molecule has 0 radical (unpaired) electrons. The van der Waals surface area contributed by atoms with Crippen molar-refractivity contribution in [2.24, 2.45) is 0 Å². The fourth-order valence-corrected chi connectivity index (χ4v) is 0.350. The van der Waals surface area contributed by atoms with Gasteiger partial charge in [0.1, 0.15) is 5.71 Å². The van der Waals surface area contributed by atoms with E-state index in [1.54, 1.807) is 0 Å². The summed E-state index contributed by atoms with van der Waals surface area (Å²) in [4.78, 5) is 9.95. The van der Waals surface area contributed by atoms with Crippen molar-refractivity contribution in [2.75, 3.05) is 0 Å². The molecule has 0 bridgehead atoms. The minimum absolute atomic E-state index is 0.0765. The Bertz CT molecular complexity index is 210. The van der Waals surface area contributed by atoms with Gasteiger partial charge >= 0.3 is 5.97 Å². The molecule has 0 aliphatic carbocycles. The third kappa shape index (κ3) is 2.99. The highest BCUT2D eigenvalue weighted by atomic mass is 35.5. The Labute approximate surface area is 62.1 Å². The number of carboxylic acid groups (broad SMARTS) is 1. The second-order valence-corrected chi connectivity index (χ2v) is 1.83. The van der Waals surface area contributed by atoms with Crippen molar-refractivity contribution in [1.82, 2.24) is 0 Å². The zero-order chi connectivity index (χ0) is 8.15. The van der Waals surface area contributed by atoms with Gasteiger partial charge in [0.25, 0.3) is 0 Å². The van der Waals surface area contributed by atoms with E-state index in [9.17, 15) is 4.79 Å². The molecule has 0 heterocycles. The number of halogens is 1. The number of allylic oxidation sites excluding steroid dienone is 1. The van der Waals surface area contributed by atoms with Crippen LogP contribution >= 0.6 is 11.6 Å². The van der Waals surface area contributed by atoms with Crippen molar-refractivity contribution >= 4 is 29.5 Å². The van der Waals surface area contributed by atoms with E-state index in [2.05, 4.69) is 0 Å². The second kappa shape index (κ2) is 3.79. The predicted octanol–water partition coefficient (Wildman–Crippen LogP) is 0.863. The normalized spacial score (nSPS) is 10.7. The van der Waals surface area contributed by atoms with Crippen molar-refractivity contribution in [3.05, 3.63) is 11.1 Å². The first-order valence-corrected chi connectivity index (χ1v) is 2.65. The molecule has 0 atom stereocenters. The van der Waals surface area contributed by atoms with Gasteiger partial charge in [0, 0.05) is 6.21 Å². The lowest BCUT2D eigenvalue weighted by atomic mass is 10.3. The summed E-state index contributed by atoms with van der Waals surface area (Å²) in [5, 5.41) is 21.3. The number of nitrogens with one attached hydrogen (secondary N) is 2. The molecule has 0 unspecified atom stereocenters. The molecule has 0 aromatic carbocycles. The van der Waals surface area contributed by atoms with Crippen LogP contribution < -0.4 is 0 Å². The van der Waals surface area contributed by atoms with Gasteiger partial charge in [-0.2, -0.15) is 0 Å². The number of hydrogen-bond donors (Lipinski definition) is 3. The van der Waals surface area contributed by atoms with E-state index in [1.807, 2.05) is 0 Å². The maximum absolute atomic E-state index is 9.95. The summed E-state index contributed by atoms with van der Waals surface area (Å²) in [6, 6.07) is 0. The van der Waals surface area contributed by atoms with Crippen molar-refractivity contribution in [2.45, 2.75) is 0 Å². The summed E-state index contributed by atoms with van der Waals surface area (Å²) in [6.07, 6.45) is 1.65. The quantitative estimate of drug-likeness (QED) is 0.535. The summed E-state index contributed by atoms with van der Waals surface area (Å²) in [6.45, 7) is 0. The highest BCUT2D eigenvalue weighted by Gasteiger charge is 2.01. The van der Waals surface area contributed by atoms with Gasteiger partial charge in [-0.3, -0.25) is 5.41 Å². The summed E-state index contributed by atoms with van der Waals surface area (Å²) in [7, 11) is 0. The van der Waals surface area contributed by atoms with E-state index in [-0.39, 0.29) is 5.03 Å². The molecular formula is C5H5ClN2O2. The first-order chi connectivity index (χ1) is 4.57. The standard InChI is InChI=1S/C5H5ClN2O2/c6-3(2-7)1-4(8)5(9)10/h1-2,7-8H,(H,9,10)/b3-1+,7-2?,8-4?. The van der Waals surface area contributed by atoms with Crippen LogP contribution in [0, 0.1) is 10.8 Å². The number of carboxylic acids is 1. The lowest BCUT2D eigenvalue weighted by Gasteiger charge is -1.87. The summed E-state index contributed by atoms with van der Waals surface area (Å²) < 4.78 is 0. The molecule has 0 aromatic heterocycles. The Kier molecular flexibility index (Phi) is 3.35. The van der Waals surface area contributed by atoms with Crippen LogP contribution in [0.4, 0.5) is 0 Å². The van der Waals surface area contributed by atoms with Crippen LogP contribution in [0.3, 0.4) is 0 Å². The van der Waals surface area contributed by atoms with Crippen LogP contribution in [-0.2, 0) is 4.79 Å². The highest BCUT2D eigenvalue weighted by Crippen LogP contribution is 1.95. The Balaban J connectivity index is 4.27. The van der Waals surface area contributed by atoms with Crippen molar-refractivity contribution in [1.29, 1.82) is 10.8 Å². The molecule has 0 saturated carbocycles. The van der Waals surface area contributed by atoms with Crippen LogP contribution in [0.1, 0.15) is 0 Å². The molecule has 0 saturated heterocycles. The fraction of sp³-hybridized carbons (Fsp3) is 0. The lowest BCUT2D eigenvalue weighted by Crippen LogP contribution is -2.08. The molecule has 3 N–H and O–H groups in total. The zero-order valence-electron chi connectivity index (χ0n) is 4.89. The number of carbonyl (C=O) groups is 1. The van der Waals surface area contributed by atoms with Crippen LogP contribution in [-0.4, -0.2) is 23.0 Å². The van der Waals surface area contributed by atoms with E-state index < -0.39 is 11.7 Å². The molecule has 0 rings (SSSR count). The summed E-state index contributed by atoms with van der Waals surface area (Å²) >= 11 is 5.22. The molecule has 0 aliphatic rings. The van der Waals surface area contributed by atoms with E-state index in [1.165, 1.54) is 0 Å². The predicted molar refractivity (Wildman–Crippen MR) is 38.1 cm³/mol. The Morgan fingerprint density at radius 2 is 2.10 bits per heavy atom. The molecule has 0 aliphatic heterocycles. The molecule has 54 valence electrons. The average molecular weight is 161 g/mol. The topological polar surface area (TPSA) is 85.0 Å². The van der Waals surface area contributed by atoms with E-state index in [0.29, 0.717) is 0 Å². The van der Waals surface area contributed by atoms with Gasteiger partial charge in [-0.15, -0.1) is 0 Å². The molecule has 0 amide bonds. The van der Waals surface area contributed by atoms with Crippen LogP contribution in [0.5, 0.6) is 0 Å². The van der Waals surface area contributed by atoms with Gasteiger partial charge in [0.2, 0.25) is 0 Å². The minimum Gasteiger partial charge on any atom is -0.477 e. The zero-order valence-corrected chi connectivity index (χ0v) is 5.64. The maximum atomic E-state index is 9.95. The van der Waals surface area contributed by atoms with Crippen LogP contribution in [0.25, 0.3) is 0 Å². The SMILES string of the molecule is N=C/C(Cl)=C\C(=N)C(=O)O. The molecule has 5 heteroatoms. The molecule has 0 spiro atoms. The van der Waals surface area contributed by atoms with Crippen molar-refractivity contribution < 1.29 is 9.90 Å². The van der Waals surface area contributed by atoms with Gasteiger partial charge in [-0.05, 0) is 6.08 Å². The van der Waals surface area contributed by atoms with Gasteiger partial charge in [-0.25, -0.2) is 4.79 Å². The van der Waals surface area contributed by atoms with Gasteiger partial charge in [-0.1, -0.05) is 11.6 Å². The largest absolute Gasteiger partial charge is 0.477 e. The van der Waals surface area contributed by atoms with Gasteiger partial charge in [0.15, 0.2) is 0 Å². The molecular weight excluding hydrogens is 156 g/mol. The number of aliphatic carboxylic acids is 1. The fourth-order valence-electron chi connectivity index (χ4n) is 0.241. The Hall–Kier alpha value is -1.16. The van der Waals surface area contributed by atoms with Gasteiger partial charge in [0.05, 0.1) is 5.03 Å². The molecule has 0 fully saturated rings. The summed E-state index contributed by atoms with van der Waals surface area (Å²) in [5.41, 5.74) is -0.631. The molecule has 4 nitrogen and oxygen atoms in total. The first-order valence-electron chi connectivity index (χ1n) is 2.27. The molecule has 0 aromatic rings. The smallest absolute Gasteiger partial charge is 0.353 e. The Morgan fingerprint density at radius 3 is 2.40 bits per heavy atom. The third-order valence-electron chi connectivity index (χ3n) is 0.651. The lowest BCUT2D eigenvalue weighted by molar-refractivity contribution is -0.129. The average Bonchev–Trinajstić information content (AvgIpc) is 1.87. The van der Waals surface area contributed by atoms with Crippen LogP contribution in [0.15, 0.2) is 11.1 Å². The first kappa shape index (κ1) is 8.84. The van der Waals surface area contributed by atoms with E-state index >= 15 is 0 Å². The van der Waals surface area contributed by atoms with E-state index in [4.69, 9.17) is 27.5 Å². The Morgan fingerprint density at radius 1 is 1.60 bits per heavy atom. The third-order valence-corrected chi connectivity index (χ3v) is 0.869. The number of rotatable bonds is 3. The van der Waals surface area contributed by atoms with Crippen molar-refractivity contribution in [3.63, 3.8) is 0 Å². The monoisotopic (exact) mass is 160 g/mol. The van der Waals surface area contributed by atoms with Crippen molar-refractivity contribution in [3.8, 4) is 0 Å². The van der Waals surface area contributed by atoms with Gasteiger partial charge < -0.3 is 10.5 Å².